The molecule has 4 rings (SSSR count). The summed E-state index contributed by atoms with van der Waals surface area (Å²) in [5.74, 6) is -0.658. The highest BCUT2D eigenvalue weighted by atomic mass is 19.1. The zero-order valence-electron chi connectivity index (χ0n) is 15.0. The summed E-state index contributed by atoms with van der Waals surface area (Å²) in [5.41, 5.74) is 0.895. The van der Waals surface area contributed by atoms with Gasteiger partial charge in [0.25, 0.3) is 5.91 Å². The van der Waals surface area contributed by atoms with Crippen LogP contribution in [0.3, 0.4) is 0 Å². The van der Waals surface area contributed by atoms with E-state index in [-0.39, 0.29) is 12.1 Å². The van der Waals surface area contributed by atoms with Gasteiger partial charge < -0.3 is 0 Å². The number of hydrogen-bond acceptors (Lipinski definition) is 2. The minimum atomic E-state index is -2.22. The van der Waals surface area contributed by atoms with Gasteiger partial charge >= 0.3 is 0 Å². The zero-order valence-corrected chi connectivity index (χ0v) is 15.0. The highest BCUT2D eigenvalue weighted by molar-refractivity contribution is 6.27. The van der Waals surface area contributed by atoms with Crippen LogP contribution in [0.25, 0.3) is 0 Å². The number of hydrazone groups is 1. The van der Waals surface area contributed by atoms with Crippen molar-refractivity contribution in [2.75, 3.05) is 5.01 Å². The average Bonchev–Trinajstić information content (AvgIpc) is 2.94. The maximum atomic E-state index is 16.3. The number of anilines is 1. The predicted octanol–water partition coefficient (Wildman–Crippen LogP) is 4.70. The first kappa shape index (κ1) is 17.2. The zero-order chi connectivity index (χ0) is 18.9. The SMILES string of the molecule is Cc1cccc(CC2(F)C(=O)N(c3ccccc3)N=C2c2ccccc2)c1. The van der Waals surface area contributed by atoms with Crippen LogP contribution in [0.1, 0.15) is 16.7 Å². The van der Waals surface area contributed by atoms with Crippen LogP contribution in [0.2, 0.25) is 0 Å². The molecule has 0 radical (unpaired) electrons. The van der Waals surface area contributed by atoms with E-state index in [1.165, 1.54) is 5.01 Å². The van der Waals surface area contributed by atoms with Crippen molar-refractivity contribution in [1.29, 1.82) is 0 Å². The van der Waals surface area contributed by atoms with Gasteiger partial charge in [-0.2, -0.15) is 10.1 Å². The number of halogens is 1. The molecule has 0 bridgehead atoms. The van der Waals surface area contributed by atoms with Crippen LogP contribution in [0.15, 0.2) is 90.0 Å². The van der Waals surface area contributed by atoms with E-state index >= 15 is 4.39 Å². The van der Waals surface area contributed by atoms with E-state index in [9.17, 15) is 4.79 Å². The maximum absolute atomic E-state index is 16.3. The first-order chi connectivity index (χ1) is 13.1. The second-order valence-corrected chi connectivity index (χ2v) is 6.73. The highest BCUT2D eigenvalue weighted by Crippen LogP contribution is 2.35. The largest absolute Gasteiger partial charge is 0.291 e. The Labute approximate surface area is 157 Å². The van der Waals surface area contributed by atoms with Crippen molar-refractivity contribution in [3.8, 4) is 0 Å². The first-order valence-electron chi connectivity index (χ1n) is 8.86. The van der Waals surface area contributed by atoms with Crippen LogP contribution in [-0.4, -0.2) is 17.3 Å². The van der Waals surface area contributed by atoms with Crippen molar-refractivity contribution in [1.82, 2.24) is 0 Å². The number of carbonyl (C=O) groups excluding carboxylic acids is 1. The summed E-state index contributed by atoms with van der Waals surface area (Å²) in [4.78, 5) is 13.1. The van der Waals surface area contributed by atoms with Crippen molar-refractivity contribution in [2.45, 2.75) is 19.0 Å². The molecular formula is C23H19FN2O. The van der Waals surface area contributed by atoms with Gasteiger partial charge in [-0.05, 0) is 24.6 Å². The molecule has 1 atom stereocenters. The molecule has 1 amide bonds. The quantitative estimate of drug-likeness (QED) is 0.665. The second-order valence-electron chi connectivity index (χ2n) is 6.73. The number of rotatable bonds is 4. The van der Waals surface area contributed by atoms with E-state index in [0.29, 0.717) is 11.3 Å². The van der Waals surface area contributed by atoms with Gasteiger partial charge in [-0.25, -0.2) is 4.39 Å². The monoisotopic (exact) mass is 358 g/mol. The lowest BCUT2D eigenvalue weighted by Gasteiger charge is -2.21. The smallest absolute Gasteiger partial charge is 0.268 e. The van der Waals surface area contributed by atoms with Gasteiger partial charge in [-0.15, -0.1) is 0 Å². The molecular weight excluding hydrogens is 339 g/mol. The predicted molar refractivity (Wildman–Crippen MR) is 106 cm³/mol. The Kier molecular flexibility index (Phi) is 4.32. The van der Waals surface area contributed by atoms with Crippen LogP contribution in [0.5, 0.6) is 0 Å². The number of alkyl halides is 1. The second kappa shape index (κ2) is 6.80. The third-order valence-electron chi connectivity index (χ3n) is 4.68. The van der Waals surface area contributed by atoms with Gasteiger partial charge in [-0.1, -0.05) is 78.4 Å². The van der Waals surface area contributed by atoms with E-state index in [0.717, 1.165) is 11.1 Å². The Morgan fingerprint density at radius 3 is 2.26 bits per heavy atom. The Hall–Kier alpha value is -3.27. The van der Waals surface area contributed by atoms with Crippen molar-refractivity contribution >= 4 is 17.3 Å². The van der Waals surface area contributed by atoms with Crippen LogP contribution < -0.4 is 5.01 Å². The molecule has 3 aromatic carbocycles. The molecule has 27 heavy (non-hydrogen) atoms. The summed E-state index contributed by atoms with van der Waals surface area (Å²) in [6, 6.07) is 25.6. The maximum Gasteiger partial charge on any atom is 0.291 e. The minimum absolute atomic E-state index is 0.0510. The van der Waals surface area contributed by atoms with Crippen LogP contribution in [-0.2, 0) is 11.2 Å². The Morgan fingerprint density at radius 2 is 1.59 bits per heavy atom. The van der Waals surface area contributed by atoms with Crippen molar-refractivity contribution in [3.63, 3.8) is 0 Å². The molecule has 0 saturated heterocycles. The van der Waals surface area contributed by atoms with Gasteiger partial charge in [0, 0.05) is 12.0 Å². The van der Waals surface area contributed by atoms with Crippen LogP contribution >= 0.6 is 0 Å². The van der Waals surface area contributed by atoms with Gasteiger partial charge in [0.05, 0.1) is 5.69 Å². The lowest BCUT2D eigenvalue weighted by atomic mass is 9.87. The summed E-state index contributed by atoms with van der Waals surface area (Å²) in [5, 5.41) is 5.59. The molecule has 0 N–H and O–H groups in total. The Morgan fingerprint density at radius 1 is 0.926 bits per heavy atom. The molecule has 1 aliphatic heterocycles. The molecule has 0 aromatic heterocycles. The van der Waals surface area contributed by atoms with E-state index in [2.05, 4.69) is 5.10 Å². The number of para-hydroxylation sites is 1. The Balaban J connectivity index is 1.80. The summed E-state index contributed by atoms with van der Waals surface area (Å²) >= 11 is 0. The Bertz CT molecular complexity index is 1000. The van der Waals surface area contributed by atoms with Crippen molar-refractivity contribution in [3.05, 3.63) is 102 Å². The molecule has 1 aliphatic rings. The molecule has 134 valence electrons. The number of benzene rings is 3. The lowest BCUT2D eigenvalue weighted by molar-refractivity contribution is -0.125. The molecule has 0 aliphatic carbocycles. The standard InChI is InChI=1S/C23H19FN2O/c1-17-9-8-10-18(15-17)16-23(24)21(19-11-4-2-5-12-19)25-26(22(23)27)20-13-6-3-7-14-20/h2-15H,16H2,1H3. The molecule has 3 nitrogen and oxygen atoms in total. The lowest BCUT2D eigenvalue weighted by Crippen LogP contribution is -2.44. The molecule has 1 heterocycles. The summed E-state index contributed by atoms with van der Waals surface area (Å²) in [6.07, 6.45) is -0.0510. The van der Waals surface area contributed by atoms with E-state index in [1.807, 2.05) is 55.5 Å². The number of nitrogens with zero attached hydrogens (tertiary/aromatic N) is 2. The fourth-order valence-corrected chi connectivity index (χ4v) is 3.38. The van der Waals surface area contributed by atoms with Crippen molar-refractivity contribution < 1.29 is 9.18 Å². The number of aryl methyl sites for hydroxylation is 1. The van der Waals surface area contributed by atoms with Gasteiger partial charge in [0.15, 0.2) is 0 Å². The van der Waals surface area contributed by atoms with Gasteiger partial charge in [0.1, 0.15) is 5.71 Å². The van der Waals surface area contributed by atoms with E-state index < -0.39 is 11.6 Å². The fourth-order valence-electron chi connectivity index (χ4n) is 3.38. The number of amides is 1. The average molecular weight is 358 g/mol. The van der Waals surface area contributed by atoms with Crippen LogP contribution in [0.4, 0.5) is 10.1 Å². The summed E-state index contributed by atoms with van der Waals surface area (Å²) in [6.45, 7) is 1.95. The third-order valence-corrected chi connectivity index (χ3v) is 4.68. The molecule has 4 heteroatoms. The topological polar surface area (TPSA) is 32.7 Å². The molecule has 0 fully saturated rings. The van der Waals surface area contributed by atoms with E-state index in [1.54, 1.807) is 36.4 Å². The third kappa shape index (κ3) is 3.14. The van der Waals surface area contributed by atoms with Crippen LogP contribution in [0, 0.1) is 6.92 Å². The summed E-state index contributed by atoms with van der Waals surface area (Å²) in [7, 11) is 0. The van der Waals surface area contributed by atoms with Gasteiger partial charge in [-0.3, -0.25) is 4.79 Å². The molecule has 0 spiro atoms. The molecule has 0 saturated carbocycles. The van der Waals surface area contributed by atoms with E-state index in [4.69, 9.17) is 0 Å². The van der Waals surface area contributed by atoms with Crippen molar-refractivity contribution in [2.24, 2.45) is 5.10 Å². The number of hydrogen-bond donors (Lipinski definition) is 0. The fraction of sp³-hybridized carbons (Fsp3) is 0.130. The minimum Gasteiger partial charge on any atom is -0.268 e. The first-order valence-corrected chi connectivity index (χ1v) is 8.86. The normalized spacial score (nSPS) is 19.3. The molecule has 1 unspecified atom stereocenters. The molecule has 3 aromatic rings. The van der Waals surface area contributed by atoms with Gasteiger partial charge in [0.2, 0.25) is 5.67 Å². The summed E-state index contributed by atoms with van der Waals surface area (Å²) < 4.78 is 16.3. The highest BCUT2D eigenvalue weighted by Gasteiger charge is 2.52. The number of carbonyl (C=O) groups is 1.